The third kappa shape index (κ3) is 2.00. The first kappa shape index (κ1) is 9.77. The maximum atomic E-state index is 6.11. The number of para-hydroxylation sites is 1. The second kappa shape index (κ2) is 4.17. The lowest BCUT2D eigenvalue weighted by molar-refractivity contribution is 0.266. The summed E-state index contributed by atoms with van der Waals surface area (Å²) < 4.78 is 0. The van der Waals surface area contributed by atoms with Crippen LogP contribution >= 0.6 is 11.6 Å². The van der Waals surface area contributed by atoms with Gasteiger partial charge >= 0.3 is 0 Å². The van der Waals surface area contributed by atoms with Crippen molar-refractivity contribution < 1.29 is 0 Å². The predicted octanol–water partition coefficient (Wildman–Crippen LogP) is 1.34. The third-order valence-corrected chi connectivity index (χ3v) is 2.83. The standard InChI is InChI=1S/C10H14ClN3/c11-9-3-1-2-4-10(9)13-5-7-14(12)8-6-13/h1-4H,5-8,12H2. The predicted molar refractivity (Wildman–Crippen MR) is 59.4 cm³/mol. The molecule has 14 heavy (non-hydrogen) atoms. The van der Waals surface area contributed by atoms with E-state index >= 15 is 0 Å². The van der Waals surface area contributed by atoms with Crippen molar-refractivity contribution in [3.05, 3.63) is 29.3 Å². The SMILES string of the molecule is NN1CCN(c2ccccc2Cl)CC1. The molecule has 2 rings (SSSR count). The highest BCUT2D eigenvalue weighted by Crippen LogP contribution is 2.25. The number of anilines is 1. The molecule has 2 N–H and O–H groups in total. The van der Waals surface area contributed by atoms with E-state index in [1.54, 1.807) is 0 Å². The minimum absolute atomic E-state index is 0.818. The molecule has 1 fully saturated rings. The molecule has 1 aromatic rings. The van der Waals surface area contributed by atoms with Crippen LogP contribution in [0.15, 0.2) is 24.3 Å². The molecule has 0 spiro atoms. The number of piperazine rings is 1. The van der Waals surface area contributed by atoms with Crippen LogP contribution in [0.25, 0.3) is 0 Å². The summed E-state index contributed by atoms with van der Waals surface area (Å²) in [6, 6.07) is 7.93. The van der Waals surface area contributed by atoms with Gasteiger partial charge in [0.2, 0.25) is 0 Å². The first-order valence-electron chi connectivity index (χ1n) is 4.76. The minimum atomic E-state index is 0.818. The number of benzene rings is 1. The molecular weight excluding hydrogens is 198 g/mol. The monoisotopic (exact) mass is 211 g/mol. The number of hydrazine groups is 1. The largest absolute Gasteiger partial charge is 0.368 e. The molecule has 1 aliphatic heterocycles. The smallest absolute Gasteiger partial charge is 0.0639 e. The highest BCUT2D eigenvalue weighted by Gasteiger charge is 2.15. The van der Waals surface area contributed by atoms with Gasteiger partial charge in [0, 0.05) is 26.2 Å². The fourth-order valence-electron chi connectivity index (χ4n) is 1.67. The summed E-state index contributed by atoms with van der Waals surface area (Å²) in [6.45, 7) is 3.68. The molecule has 0 aromatic heterocycles. The topological polar surface area (TPSA) is 32.5 Å². The van der Waals surface area contributed by atoms with E-state index in [2.05, 4.69) is 11.0 Å². The zero-order valence-electron chi connectivity index (χ0n) is 7.99. The molecule has 0 unspecified atom stereocenters. The first-order chi connectivity index (χ1) is 6.77. The number of hydrogen-bond acceptors (Lipinski definition) is 3. The van der Waals surface area contributed by atoms with E-state index in [4.69, 9.17) is 17.4 Å². The van der Waals surface area contributed by atoms with Crippen LogP contribution in [0.1, 0.15) is 0 Å². The molecule has 4 heteroatoms. The van der Waals surface area contributed by atoms with Gasteiger partial charge in [-0.05, 0) is 12.1 Å². The summed E-state index contributed by atoms with van der Waals surface area (Å²) in [7, 11) is 0. The van der Waals surface area contributed by atoms with E-state index < -0.39 is 0 Å². The third-order valence-electron chi connectivity index (χ3n) is 2.51. The molecule has 1 aliphatic rings. The summed E-state index contributed by atoms with van der Waals surface area (Å²) in [5, 5.41) is 2.66. The molecule has 1 aromatic carbocycles. The Balaban J connectivity index is 2.12. The van der Waals surface area contributed by atoms with Crippen molar-refractivity contribution in [3.63, 3.8) is 0 Å². The summed E-state index contributed by atoms with van der Waals surface area (Å²) in [4.78, 5) is 2.27. The molecule has 0 bridgehead atoms. The second-order valence-corrected chi connectivity index (χ2v) is 3.88. The van der Waals surface area contributed by atoms with E-state index in [1.807, 2.05) is 23.2 Å². The Hall–Kier alpha value is -0.770. The van der Waals surface area contributed by atoms with Crippen molar-refractivity contribution in [2.75, 3.05) is 31.1 Å². The molecule has 0 saturated carbocycles. The Morgan fingerprint density at radius 3 is 2.36 bits per heavy atom. The van der Waals surface area contributed by atoms with E-state index in [0.717, 1.165) is 36.9 Å². The average Bonchev–Trinajstić information content (AvgIpc) is 2.20. The van der Waals surface area contributed by atoms with Gasteiger partial charge in [-0.3, -0.25) is 5.84 Å². The summed E-state index contributed by atoms with van der Waals surface area (Å²) >= 11 is 6.11. The Morgan fingerprint density at radius 2 is 1.71 bits per heavy atom. The van der Waals surface area contributed by atoms with Gasteiger partial charge in [-0.2, -0.15) is 0 Å². The summed E-state index contributed by atoms with van der Waals surface area (Å²) in [5.74, 6) is 5.69. The van der Waals surface area contributed by atoms with Crippen LogP contribution in [0, 0.1) is 0 Å². The van der Waals surface area contributed by atoms with E-state index in [9.17, 15) is 0 Å². The Kier molecular flexibility index (Phi) is 2.91. The highest BCUT2D eigenvalue weighted by molar-refractivity contribution is 6.33. The molecule has 0 amide bonds. The molecular formula is C10H14ClN3. The Labute approximate surface area is 89.0 Å². The second-order valence-electron chi connectivity index (χ2n) is 3.47. The van der Waals surface area contributed by atoms with E-state index in [-0.39, 0.29) is 0 Å². The van der Waals surface area contributed by atoms with Gasteiger partial charge in [-0.15, -0.1) is 0 Å². The lowest BCUT2D eigenvalue weighted by atomic mass is 10.2. The molecule has 0 atom stereocenters. The normalized spacial score (nSPS) is 18.6. The van der Waals surface area contributed by atoms with Crippen LogP contribution in [0.5, 0.6) is 0 Å². The highest BCUT2D eigenvalue weighted by atomic mass is 35.5. The van der Waals surface area contributed by atoms with Gasteiger partial charge in [0.1, 0.15) is 0 Å². The van der Waals surface area contributed by atoms with Gasteiger partial charge in [-0.25, -0.2) is 5.01 Å². The fourth-order valence-corrected chi connectivity index (χ4v) is 1.93. The van der Waals surface area contributed by atoms with Crippen molar-refractivity contribution in [1.29, 1.82) is 0 Å². The van der Waals surface area contributed by atoms with Gasteiger partial charge in [0.05, 0.1) is 10.7 Å². The van der Waals surface area contributed by atoms with Crippen molar-refractivity contribution in [2.45, 2.75) is 0 Å². The van der Waals surface area contributed by atoms with E-state index in [1.165, 1.54) is 0 Å². The van der Waals surface area contributed by atoms with Crippen LogP contribution in [-0.4, -0.2) is 31.2 Å². The van der Waals surface area contributed by atoms with Crippen molar-refractivity contribution in [2.24, 2.45) is 5.84 Å². The molecule has 1 heterocycles. The van der Waals surface area contributed by atoms with Crippen molar-refractivity contribution in [3.8, 4) is 0 Å². The summed E-state index contributed by atoms with van der Waals surface area (Å²) in [5.41, 5.74) is 1.11. The van der Waals surface area contributed by atoms with Crippen molar-refractivity contribution in [1.82, 2.24) is 5.01 Å². The minimum Gasteiger partial charge on any atom is -0.368 e. The maximum absolute atomic E-state index is 6.11. The molecule has 1 saturated heterocycles. The van der Waals surface area contributed by atoms with Crippen LogP contribution in [0.3, 0.4) is 0 Å². The molecule has 0 radical (unpaired) electrons. The van der Waals surface area contributed by atoms with Gasteiger partial charge in [0.25, 0.3) is 0 Å². The van der Waals surface area contributed by atoms with Gasteiger partial charge < -0.3 is 4.90 Å². The van der Waals surface area contributed by atoms with Gasteiger partial charge in [0.15, 0.2) is 0 Å². The Bertz CT molecular complexity index is 308. The lowest BCUT2D eigenvalue weighted by Gasteiger charge is -2.34. The zero-order chi connectivity index (χ0) is 9.97. The van der Waals surface area contributed by atoms with Crippen LogP contribution in [0.4, 0.5) is 5.69 Å². The number of nitrogens with zero attached hydrogens (tertiary/aromatic N) is 2. The molecule has 0 aliphatic carbocycles. The number of nitrogens with two attached hydrogens (primary N) is 1. The zero-order valence-corrected chi connectivity index (χ0v) is 8.74. The van der Waals surface area contributed by atoms with E-state index in [0.29, 0.717) is 0 Å². The number of rotatable bonds is 1. The molecule has 3 nitrogen and oxygen atoms in total. The van der Waals surface area contributed by atoms with Crippen LogP contribution < -0.4 is 10.7 Å². The van der Waals surface area contributed by atoms with Crippen LogP contribution in [0.2, 0.25) is 5.02 Å². The average molecular weight is 212 g/mol. The fraction of sp³-hybridized carbons (Fsp3) is 0.400. The van der Waals surface area contributed by atoms with Gasteiger partial charge in [-0.1, -0.05) is 23.7 Å². The Morgan fingerprint density at radius 1 is 1.07 bits per heavy atom. The quantitative estimate of drug-likeness (QED) is 0.712. The summed E-state index contributed by atoms with van der Waals surface area (Å²) in [6.07, 6.45) is 0. The van der Waals surface area contributed by atoms with Crippen molar-refractivity contribution >= 4 is 17.3 Å². The first-order valence-corrected chi connectivity index (χ1v) is 5.14. The molecule has 76 valence electrons. The lowest BCUT2D eigenvalue weighted by Crippen LogP contribution is -2.49. The number of halogens is 1. The number of hydrogen-bond donors (Lipinski definition) is 1. The van der Waals surface area contributed by atoms with Crippen LogP contribution in [-0.2, 0) is 0 Å². The maximum Gasteiger partial charge on any atom is 0.0639 e.